The second kappa shape index (κ2) is 8.78. The van der Waals surface area contributed by atoms with Gasteiger partial charge in [0.1, 0.15) is 10.5 Å². The van der Waals surface area contributed by atoms with Crippen LogP contribution in [0.1, 0.15) is 0 Å². The minimum Gasteiger partial charge on any atom is -0.375 e. The van der Waals surface area contributed by atoms with Crippen molar-refractivity contribution in [2.75, 3.05) is 37.3 Å². The maximum atomic E-state index is 12.5. The van der Waals surface area contributed by atoms with Gasteiger partial charge in [0, 0.05) is 6.54 Å². The number of nitrogens with zero attached hydrogens (tertiary/aromatic N) is 4. The molecule has 2 aromatic rings. The van der Waals surface area contributed by atoms with E-state index in [2.05, 4.69) is 15.0 Å². The molecule has 0 aromatic carbocycles. The van der Waals surface area contributed by atoms with Crippen molar-refractivity contribution in [1.29, 1.82) is 0 Å². The summed E-state index contributed by atoms with van der Waals surface area (Å²) in [6.07, 6.45) is -9.67. The molecule has 2 heterocycles. The summed E-state index contributed by atoms with van der Waals surface area (Å²) in [4.78, 5) is 12.2. The van der Waals surface area contributed by atoms with Gasteiger partial charge >= 0.3 is 12.4 Å². The summed E-state index contributed by atoms with van der Waals surface area (Å²) in [5.74, 6) is 0.0355. The Morgan fingerprint density at radius 3 is 2.33 bits per heavy atom. The minimum atomic E-state index is -4.66. The number of hydrogen-bond acceptors (Lipinski definition) is 6. The normalized spacial score (nSPS) is 13.0. The lowest BCUT2D eigenvalue weighted by molar-refractivity contribution is -0.112. The zero-order valence-electron chi connectivity index (χ0n) is 14.0. The van der Waals surface area contributed by atoms with Crippen LogP contribution in [-0.4, -0.2) is 63.4 Å². The molecule has 2 rings (SSSR count). The van der Waals surface area contributed by atoms with Crippen molar-refractivity contribution >= 4 is 36.8 Å². The predicted molar refractivity (Wildman–Crippen MR) is 91.1 cm³/mol. The van der Waals surface area contributed by atoms with Gasteiger partial charge in [-0.15, -0.1) is 11.8 Å². The van der Waals surface area contributed by atoms with Crippen LogP contribution < -0.4 is 5.73 Å². The lowest BCUT2D eigenvalue weighted by Gasteiger charge is -2.20. The van der Waals surface area contributed by atoms with Gasteiger partial charge in [0.15, 0.2) is 5.65 Å². The van der Waals surface area contributed by atoms with Crippen LogP contribution in [0.4, 0.5) is 32.3 Å². The van der Waals surface area contributed by atoms with E-state index in [1.54, 1.807) is 10.8 Å². The number of rotatable bonds is 8. The summed E-state index contributed by atoms with van der Waals surface area (Å²) in [5, 5.41) is 0.566. The van der Waals surface area contributed by atoms with Gasteiger partial charge in [0.25, 0.3) is 0 Å². The number of fused-ring (bicyclic) bond motifs is 1. The Morgan fingerprint density at radius 2 is 1.78 bits per heavy atom. The molecule has 0 aliphatic heterocycles. The summed E-state index contributed by atoms with van der Waals surface area (Å²) in [7, 11) is -2.40. The summed E-state index contributed by atoms with van der Waals surface area (Å²) in [6.45, 7) is 0.0699. The lowest BCUT2D eigenvalue weighted by Crippen LogP contribution is -2.22. The fraction of sp³-hybridized carbons (Fsp3) is 0.615. The highest BCUT2D eigenvalue weighted by Gasteiger charge is 2.38. The van der Waals surface area contributed by atoms with Gasteiger partial charge in [-0.2, -0.15) is 31.3 Å². The van der Waals surface area contributed by atoms with Gasteiger partial charge in [0.05, 0.1) is 31.6 Å². The first-order chi connectivity index (χ1) is 12.5. The summed E-state index contributed by atoms with van der Waals surface area (Å²) in [6, 6.07) is 0. The highest BCUT2D eigenvalue weighted by molar-refractivity contribution is 7.98. The van der Waals surface area contributed by atoms with Crippen molar-refractivity contribution in [3.8, 4) is 0 Å². The van der Waals surface area contributed by atoms with Crippen molar-refractivity contribution in [2.45, 2.75) is 23.9 Å². The standard InChI is InChI=1S/C13H16F6N5OPS/c1-27-10-8-9(22-11(20)23-10)24(6-21-8)2-3-25-7-26(4-12(14,15)16)5-13(17,18)19/h6H,2-5,7H2,1H3,(H2,20,22,23). The molecule has 14 heteroatoms. The third-order valence-electron chi connectivity index (χ3n) is 3.20. The minimum absolute atomic E-state index is 0.0355. The summed E-state index contributed by atoms with van der Waals surface area (Å²) >= 11 is 1.32. The van der Waals surface area contributed by atoms with E-state index in [1.165, 1.54) is 18.1 Å². The van der Waals surface area contributed by atoms with Crippen LogP contribution in [0.5, 0.6) is 0 Å². The van der Waals surface area contributed by atoms with Crippen LogP contribution >= 0.6 is 19.7 Å². The molecule has 6 nitrogen and oxygen atoms in total. The first-order valence-electron chi connectivity index (χ1n) is 7.44. The number of hydrogen-bond donors (Lipinski definition) is 1. The number of thioether (sulfide) groups is 1. The average molecular weight is 435 g/mol. The molecule has 152 valence electrons. The van der Waals surface area contributed by atoms with Gasteiger partial charge in [-0.1, -0.05) is 7.92 Å². The van der Waals surface area contributed by atoms with Gasteiger partial charge in [-0.05, 0) is 6.26 Å². The van der Waals surface area contributed by atoms with E-state index < -0.39 is 38.9 Å². The molecular weight excluding hydrogens is 419 g/mol. The Labute approximate surface area is 155 Å². The van der Waals surface area contributed by atoms with Crippen molar-refractivity contribution in [2.24, 2.45) is 0 Å². The van der Waals surface area contributed by atoms with E-state index in [0.717, 1.165) is 0 Å². The highest BCUT2D eigenvalue weighted by atomic mass is 32.2. The van der Waals surface area contributed by atoms with Crippen molar-refractivity contribution < 1.29 is 31.1 Å². The Balaban J connectivity index is 1.96. The topological polar surface area (TPSA) is 78.9 Å². The van der Waals surface area contributed by atoms with Crippen molar-refractivity contribution in [3.05, 3.63) is 6.33 Å². The number of anilines is 1. The fourth-order valence-electron chi connectivity index (χ4n) is 2.25. The number of aromatic nitrogens is 4. The van der Waals surface area contributed by atoms with E-state index >= 15 is 0 Å². The molecule has 0 radical (unpaired) electrons. The Morgan fingerprint density at radius 1 is 1.15 bits per heavy atom. The molecule has 2 N–H and O–H groups in total. The van der Waals surface area contributed by atoms with Crippen molar-refractivity contribution in [1.82, 2.24) is 19.5 Å². The average Bonchev–Trinajstić information content (AvgIpc) is 2.90. The molecule has 0 atom stereocenters. The Kier molecular flexibility index (Phi) is 7.14. The third kappa shape index (κ3) is 6.96. The van der Waals surface area contributed by atoms with E-state index in [0.29, 0.717) is 16.2 Å². The maximum absolute atomic E-state index is 12.5. The second-order valence-electron chi connectivity index (χ2n) is 5.46. The molecule has 0 bridgehead atoms. The number of imidazole rings is 1. The van der Waals surface area contributed by atoms with Gasteiger partial charge in [0.2, 0.25) is 5.95 Å². The number of nitrogen functional groups attached to an aromatic ring is 1. The summed E-state index contributed by atoms with van der Waals surface area (Å²) < 4.78 is 81.4. The molecular formula is C13H16F6N5OPS. The smallest absolute Gasteiger partial charge is 0.375 e. The SMILES string of the molecule is CSc1nc(N)nc2c1ncn2CCOCP(CC(F)(F)F)CC(F)(F)F. The summed E-state index contributed by atoms with van der Waals surface area (Å²) in [5.41, 5.74) is 6.55. The Hall–Kier alpha value is -1.33. The molecule has 27 heavy (non-hydrogen) atoms. The highest BCUT2D eigenvalue weighted by Crippen LogP contribution is 2.45. The molecule has 0 saturated heterocycles. The molecule has 0 saturated carbocycles. The van der Waals surface area contributed by atoms with Crippen LogP contribution in [0.2, 0.25) is 0 Å². The molecule has 0 fully saturated rings. The first-order valence-corrected chi connectivity index (χ1v) is 10.6. The molecule has 0 amide bonds. The fourth-order valence-corrected chi connectivity index (χ4v) is 4.47. The first kappa shape index (κ1) is 22.0. The quantitative estimate of drug-likeness (QED) is 0.224. The number of nitrogens with two attached hydrogens (primary N) is 1. The van der Waals surface area contributed by atoms with Crippen LogP contribution in [0, 0.1) is 0 Å². The van der Waals surface area contributed by atoms with Crippen LogP contribution in [-0.2, 0) is 11.3 Å². The zero-order chi connectivity index (χ0) is 20.2. The van der Waals surface area contributed by atoms with Gasteiger partial charge < -0.3 is 15.0 Å². The molecule has 0 spiro atoms. The number of ether oxygens (including phenoxy) is 1. The number of alkyl halides is 6. The zero-order valence-corrected chi connectivity index (χ0v) is 15.7. The van der Waals surface area contributed by atoms with E-state index in [9.17, 15) is 26.3 Å². The molecule has 2 aromatic heterocycles. The van der Waals surface area contributed by atoms with Crippen LogP contribution in [0.25, 0.3) is 11.2 Å². The van der Waals surface area contributed by atoms with Crippen LogP contribution in [0.3, 0.4) is 0 Å². The second-order valence-corrected chi connectivity index (χ2v) is 8.48. The number of halogens is 6. The van der Waals surface area contributed by atoms with E-state index in [4.69, 9.17) is 10.5 Å². The Bertz CT molecular complexity index is 752. The molecule has 0 aliphatic rings. The third-order valence-corrected chi connectivity index (χ3v) is 6.03. The lowest BCUT2D eigenvalue weighted by atomic mass is 10.5. The monoisotopic (exact) mass is 435 g/mol. The van der Waals surface area contributed by atoms with E-state index in [1.807, 2.05) is 0 Å². The maximum Gasteiger partial charge on any atom is 0.392 e. The predicted octanol–water partition coefficient (Wildman–Crippen LogP) is 3.71. The largest absolute Gasteiger partial charge is 0.392 e. The van der Waals surface area contributed by atoms with Crippen LogP contribution in [0.15, 0.2) is 11.4 Å². The molecule has 0 aliphatic carbocycles. The van der Waals surface area contributed by atoms with Crippen molar-refractivity contribution in [3.63, 3.8) is 0 Å². The molecule has 0 unspecified atom stereocenters. The van der Waals surface area contributed by atoms with E-state index in [-0.39, 0.29) is 19.1 Å². The van der Waals surface area contributed by atoms with Gasteiger partial charge in [-0.3, -0.25) is 0 Å². The van der Waals surface area contributed by atoms with Gasteiger partial charge in [-0.25, -0.2) is 9.97 Å².